The van der Waals surface area contributed by atoms with E-state index in [4.69, 9.17) is 0 Å². The maximum absolute atomic E-state index is 12.2. The highest BCUT2D eigenvalue weighted by atomic mass is 19.3. The lowest BCUT2D eigenvalue weighted by Gasteiger charge is -2.25. The molecule has 0 bridgehead atoms. The summed E-state index contributed by atoms with van der Waals surface area (Å²) in [6.07, 6.45) is 0.292. The summed E-state index contributed by atoms with van der Waals surface area (Å²) in [4.78, 5) is 11.2. The van der Waals surface area contributed by atoms with Crippen LogP contribution in [0.4, 0.5) is 8.78 Å². The highest BCUT2D eigenvalue weighted by Gasteiger charge is 2.23. The number of aromatic nitrogens is 2. The Labute approximate surface area is 73.4 Å². The van der Waals surface area contributed by atoms with Gasteiger partial charge in [-0.05, 0) is 19.3 Å². The van der Waals surface area contributed by atoms with Gasteiger partial charge in [-0.2, -0.15) is 0 Å². The van der Waals surface area contributed by atoms with Crippen molar-refractivity contribution in [2.45, 2.75) is 31.7 Å². The van der Waals surface area contributed by atoms with Gasteiger partial charge in [0.15, 0.2) is 0 Å². The third kappa shape index (κ3) is 1.38. The van der Waals surface area contributed by atoms with Gasteiger partial charge in [0.05, 0.1) is 6.04 Å². The summed E-state index contributed by atoms with van der Waals surface area (Å²) < 4.78 is 25.6. The van der Waals surface area contributed by atoms with Crippen LogP contribution in [0, 0.1) is 0 Å². The van der Waals surface area contributed by atoms with Crippen molar-refractivity contribution in [3.05, 3.63) is 22.1 Å². The molecule has 1 aromatic rings. The van der Waals surface area contributed by atoms with Crippen molar-refractivity contribution in [2.24, 2.45) is 0 Å². The van der Waals surface area contributed by atoms with E-state index in [0.717, 1.165) is 25.3 Å². The van der Waals surface area contributed by atoms with E-state index in [1.165, 1.54) is 4.68 Å². The minimum Gasteiger partial charge on any atom is -0.294 e. The van der Waals surface area contributed by atoms with E-state index in [1.807, 2.05) is 0 Å². The Kier molecular flexibility index (Phi) is 1.94. The van der Waals surface area contributed by atoms with Gasteiger partial charge in [0.2, 0.25) is 0 Å². The molecule has 0 amide bonds. The summed E-state index contributed by atoms with van der Waals surface area (Å²) in [5.74, 6) is 0. The van der Waals surface area contributed by atoms with E-state index in [9.17, 15) is 13.6 Å². The minimum absolute atomic E-state index is 0.111. The topological polar surface area (TPSA) is 37.8 Å². The average molecular weight is 188 g/mol. The number of H-pyrrole nitrogens is 1. The monoisotopic (exact) mass is 188 g/mol. The smallest absolute Gasteiger partial charge is 0.279 e. The molecule has 0 aromatic carbocycles. The van der Waals surface area contributed by atoms with Crippen molar-refractivity contribution in [1.82, 2.24) is 9.78 Å². The molecule has 1 aliphatic rings. The molecule has 1 N–H and O–H groups in total. The number of hydrogen-bond donors (Lipinski definition) is 1. The van der Waals surface area contributed by atoms with Crippen LogP contribution in [-0.4, -0.2) is 9.78 Å². The molecule has 0 atom stereocenters. The zero-order valence-corrected chi connectivity index (χ0v) is 6.96. The molecule has 0 spiro atoms. The fraction of sp³-hybridized carbons (Fsp3) is 0.625. The van der Waals surface area contributed by atoms with Gasteiger partial charge in [0.25, 0.3) is 12.0 Å². The van der Waals surface area contributed by atoms with Crippen LogP contribution in [0.1, 0.15) is 37.4 Å². The van der Waals surface area contributed by atoms with Crippen molar-refractivity contribution in [3.63, 3.8) is 0 Å². The summed E-state index contributed by atoms with van der Waals surface area (Å²) in [5, 5.41) is 2.44. The number of hydrogen-bond acceptors (Lipinski definition) is 1. The van der Waals surface area contributed by atoms with Crippen LogP contribution in [0.25, 0.3) is 0 Å². The largest absolute Gasteiger partial charge is 0.294 e. The molecule has 0 saturated heterocycles. The number of rotatable bonds is 2. The van der Waals surface area contributed by atoms with Gasteiger partial charge in [-0.3, -0.25) is 9.89 Å². The third-order valence-corrected chi connectivity index (χ3v) is 2.44. The summed E-state index contributed by atoms with van der Waals surface area (Å²) >= 11 is 0. The first-order valence-electron chi connectivity index (χ1n) is 4.28. The Balaban J connectivity index is 2.30. The molecule has 13 heavy (non-hydrogen) atoms. The molecular formula is C8H10F2N2O. The lowest BCUT2D eigenvalue weighted by Crippen LogP contribution is -2.26. The molecule has 1 heterocycles. The van der Waals surface area contributed by atoms with Gasteiger partial charge in [0, 0.05) is 6.07 Å². The molecular weight excluding hydrogens is 178 g/mol. The SMILES string of the molecule is O=c1cc(C(F)F)[nH]n1C1CCC1. The van der Waals surface area contributed by atoms with Gasteiger partial charge in [-0.25, -0.2) is 13.5 Å². The van der Waals surface area contributed by atoms with Crippen LogP contribution < -0.4 is 5.56 Å². The molecule has 0 aliphatic heterocycles. The summed E-state index contributed by atoms with van der Waals surface area (Å²) in [5.41, 5.74) is -0.628. The highest BCUT2D eigenvalue weighted by Crippen LogP contribution is 2.30. The van der Waals surface area contributed by atoms with E-state index in [-0.39, 0.29) is 17.3 Å². The predicted molar refractivity (Wildman–Crippen MR) is 42.9 cm³/mol. The van der Waals surface area contributed by atoms with Gasteiger partial charge in [0.1, 0.15) is 5.69 Å². The Bertz CT molecular complexity index is 351. The normalized spacial score (nSPS) is 17.8. The molecule has 72 valence electrons. The Morgan fingerprint density at radius 2 is 2.23 bits per heavy atom. The van der Waals surface area contributed by atoms with Gasteiger partial charge < -0.3 is 0 Å². The number of alkyl halides is 2. The van der Waals surface area contributed by atoms with Gasteiger partial charge in [-0.1, -0.05) is 0 Å². The van der Waals surface area contributed by atoms with E-state index in [0.29, 0.717) is 0 Å². The van der Waals surface area contributed by atoms with Crippen molar-refractivity contribution in [3.8, 4) is 0 Å². The third-order valence-electron chi connectivity index (χ3n) is 2.44. The molecule has 0 radical (unpaired) electrons. The second-order valence-corrected chi connectivity index (χ2v) is 3.31. The standard InChI is InChI=1S/C8H10F2N2O/c9-8(10)6-4-7(13)12(11-6)5-2-1-3-5/h4-5,8,11H,1-3H2. The first kappa shape index (κ1) is 8.47. The maximum atomic E-state index is 12.2. The lowest BCUT2D eigenvalue weighted by molar-refractivity contribution is 0.143. The van der Waals surface area contributed by atoms with E-state index < -0.39 is 6.43 Å². The number of nitrogens with one attached hydrogen (secondary N) is 1. The van der Waals surface area contributed by atoms with E-state index in [1.54, 1.807) is 0 Å². The number of aromatic amines is 1. The van der Waals surface area contributed by atoms with Gasteiger partial charge >= 0.3 is 0 Å². The fourth-order valence-electron chi connectivity index (χ4n) is 1.46. The van der Waals surface area contributed by atoms with Crippen LogP contribution in [0.2, 0.25) is 0 Å². The molecule has 1 aliphatic carbocycles. The van der Waals surface area contributed by atoms with Crippen LogP contribution in [0.5, 0.6) is 0 Å². The molecule has 1 fully saturated rings. The molecule has 1 saturated carbocycles. The second-order valence-electron chi connectivity index (χ2n) is 3.31. The van der Waals surface area contributed by atoms with Crippen LogP contribution in [0.15, 0.2) is 10.9 Å². The molecule has 2 rings (SSSR count). The van der Waals surface area contributed by atoms with E-state index >= 15 is 0 Å². The first-order valence-corrected chi connectivity index (χ1v) is 4.28. The second kappa shape index (κ2) is 2.97. The van der Waals surface area contributed by atoms with Crippen LogP contribution in [0.3, 0.4) is 0 Å². The van der Waals surface area contributed by atoms with Crippen LogP contribution in [-0.2, 0) is 0 Å². The van der Waals surface area contributed by atoms with E-state index in [2.05, 4.69) is 5.10 Å². The lowest BCUT2D eigenvalue weighted by atomic mass is 9.93. The molecule has 5 heteroatoms. The zero-order chi connectivity index (χ0) is 9.42. The number of halogens is 2. The zero-order valence-electron chi connectivity index (χ0n) is 6.96. The number of nitrogens with zero attached hydrogens (tertiary/aromatic N) is 1. The highest BCUT2D eigenvalue weighted by molar-refractivity contribution is 5.02. The molecule has 0 unspecified atom stereocenters. The maximum Gasteiger partial charge on any atom is 0.279 e. The fourth-order valence-corrected chi connectivity index (χ4v) is 1.46. The first-order chi connectivity index (χ1) is 6.18. The molecule has 3 nitrogen and oxygen atoms in total. The Morgan fingerprint density at radius 3 is 2.62 bits per heavy atom. The quantitative estimate of drug-likeness (QED) is 0.755. The summed E-state index contributed by atoms with van der Waals surface area (Å²) in [7, 11) is 0. The van der Waals surface area contributed by atoms with Crippen LogP contribution >= 0.6 is 0 Å². The predicted octanol–water partition coefficient (Wildman–Crippen LogP) is 1.84. The Hall–Kier alpha value is -1.13. The van der Waals surface area contributed by atoms with Gasteiger partial charge in [-0.15, -0.1) is 0 Å². The minimum atomic E-state index is -2.59. The van der Waals surface area contributed by atoms with Crippen molar-refractivity contribution in [1.29, 1.82) is 0 Å². The average Bonchev–Trinajstić information content (AvgIpc) is 2.29. The summed E-state index contributed by atoms with van der Waals surface area (Å²) in [6, 6.07) is 1.09. The van der Waals surface area contributed by atoms with Crippen molar-refractivity contribution >= 4 is 0 Å². The van der Waals surface area contributed by atoms with Crippen molar-refractivity contribution < 1.29 is 8.78 Å². The molecule has 1 aromatic heterocycles. The van der Waals surface area contributed by atoms with Crippen molar-refractivity contribution in [2.75, 3.05) is 0 Å². The Morgan fingerprint density at radius 1 is 1.54 bits per heavy atom. The summed E-state index contributed by atoms with van der Waals surface area (Å²) in [6.45, 7) is 0.